The monoisotopic (exact) mass is 351 g/mol. The zero-order valence-corrected chi connectivity index (χ0v) is 15.0. The number of nitrogens with zero attached hydrogens (tertiary/aromatic N) is 1. The van der Waals surface area contributed by atoms with Gasteiger partial charge < -0.3 is 5.32 Å². The third kappa shape index (κ3) is 4.85. The van der Waals surface area contributed by atoms with Crippen LogP contribution in [0.3, 0.4) is 0 Å². The fourth-order valence-electron chi connectivity index (χ4n) is 3.02. The molecule has 0 radical (unpaired) electrons. The molecule has 25 heavy (non-hydrogen) atoms. The average Bonchev–Trinajstić information content (AvgIpc) is 3.13. The first-order chi connectivity index (χ1) is 12.1. The normalized spacial score (nSPS) is 14.2. The molecule has 1 amide bonds. The predicted octanol–water partition coefficient (Wildman–Crippen LogP) is 4.66. The van der Waals surface area contributed by atoms with E-state index in [0.717, 1.165) is 10.5 Å². The molecule has 0 spiro atoms. The van der Waals surface area contributed by atoms with Crippen LogP contribution in [-0.2, 0) is 0 Å². The van der Waals surface area contributed by atoms with Crippen LogP contribution in [0.25, 0.3) is 0 Å². The number of nitrogens with one attached hydrogen (secondary N) is 2. The van der Waals surface area contributed by atoms with Crippen LogP contribution in [0.15, 0.2) is 47.4 Å². The van der Waals surface area contributed by atoms with E-state index >= 15 is 0 Å². The number of benzene rings is 2. The van der Waals surface area contributed by atoms with Gasteiger partial charge in [0.25, 0.3) is 5.91 Å². The predicted molar refractivity (Wildman–Crippen MR) is 102 cm³/mol. The minimum absolute atomic E-state index is 0.169. The van der Waals surface area contributed by atoms with Gasteiger partial charge in [0.15, 0.2) is 0 Å². The van der Waals surface area contributed by atoms with Crippen LogP contribution in [0.5, 0.6) is 0 Å². The van der Waals surface area contributed by atoms with E-state index in [2.05, 4.69) is 16.1 Å². The first kappa shape index (κ1) is 17.5. The van der Waals surface area contributed by atoms with Gasteiger partial charge in [0.1, 0.15) is 0 Å². The first-order valence-corrected chi connectivity index (χ1v) is 9.31. The molecular formula is C20H21N3OS. The molecule has 2 aromatic rings. The summed E-state index contributed by atoms with van der Waals surface area (Å²) in [6.07, 6.45) is 5.03. The fourth-order valence-corrected chi connectivity index (χ4v) is 3.89. The van der Waals surface area contributed by atoms with Crippen LogP contribution >= 0.6 is 11.9 Å². The van der Waals surface area contributed by atoms with Gasteiger partial charge in [0, 0.05) is 22.2 Å². The van der Waals surface area contributed by atoms with E-state index in [1.54, 1.807) is 30.1 Å². The maximum Gasteiger partial charge on any atom is 0.255 e. The minimum Gasteiger partial charge on any atom is -0.322 e. The smallest absolute Gasteiger partial charge is 0.255 e. The van der Waals surface area contributed by atoms with Gasteiger partial charge in [-0.15, -0.1) is 0 Å². The highest BCUT2D eigenvalue weighted by atomic mass is 32.2. The van der Waals surface area contributed by atoms with E-state index in [1.807, 2.05) is 31.2 Å². The molecule has 4 nitrogen and oxygen atoms in total. The summed E-state index contributed by atoms with van der Waals surface area (Å²) in [7, 11) is 0. The summed E-state index contributed by atoms with van der Waals surface area (Å²) in [6.45, 7) is 1.91. The van der Waals surface area contributed by atoms with Crippen molar-refractivity contribution in [3.05, 3.63) is 59.2 Å². The van der Waals surface area contributed by atoms with Gasteiger partial charge in [-0.05, 0) is 73.7 Å². The summed E-state index contributed by atoms with van der Waals surface area (Å²) in [5.41, 5.74) is 2.74. The lowest BCUT2D eigenvalue weighted by atomic mass is 10.1. The molecule has 0 saturated heterocycles. The van der Waals surface area contributed by atoms with Crippen molar-refractivity contribution in [3.8, 4) is 6.07 Å². The SMILES string of the molecule is Cc1cc(C#N)cc(NC(=O)c2cccc(SNC3CCCC3)c2)c1. The number of carbonyl (C=O) groups is 1. The molecule has 1 aliphatic rings. The van der Waals surface area contributed by atoms with E-state index in [1.165, 1.54) is 25.7 Å². The van der Waals surface area contributed by atoms with Gasteiger partial charge in [-0.2, -0.15) is 5.26 Å². The molecule has 1 aliphatic carbocycles. The van der Waals surface area contributed by atoms with Gasteiger partial charge in [0.2, 0.25) is 0 Å². The first-order valence-electron chi connectivity index (χ1n) is 8.49. The Labute approximate surface area is 152 Å². The molecular weight excluding hydrogens is 330 g/mol. The molecule has 2 aromatic carbocycles. The average molecular weight is 351 g/mol. The Bertz CT molecular complexity index is 807. The summed E-state index contributed by atoms with van der Waals surface area (Å²) >= 11 is 1.59. The van der Waals surface area contributed by atoms with E-state index < -0.39 is 0 Å². The van der Waals surface area contributed by atoms with Gasteiger partial charge in [0.05, 0.1) is 11.6 Å². The van der Waals surface area contributed by atoms with Crippen LogP contribution in [0.1, 0.15) is 47.2 Å². The summed E-state index contributed by atoms with van der Waals surface area (Å²) in [6, 6.07) is 15.6. The molecule has 0 unspecified atom stereocenters. The van der Waals surface area contributed by atoms with Crippen LogP contribution in [0.2, 0.25) is 0 Å². The Morgan fingerprint density at radius 2 is 2.00 bits per heavy atom. The summed E-state index contributed by atoms with van der Waals surface area (Å²) in [4.78, 5) is 13.5. The Morgan fingerprint density at radius 1 is 1.20 bits per heavy atom. The quantitative estimate of drug-likeness (QED) is 0.769. The third-order valence-corrected chi connectivity index (χ3v) is 5.20. The second-order valence-electron chi connectivity index (χ2n) is 6.38. The highest BCUT2D eigenvalue weighted by Crippen LogP contribution is 2.24. The molecule has 3 rings (SSSR count). The van der Waals surface area contributed by atoms with Crippen molar-refractivity contribution in [1.29, 1.82) is 5.26 Å². The number of nitriles is 1. The lowest BCUT2D eigenvalue weighted by Crippen LogP contribution is -2.18. The molecule has 0 heterocycles. The van der Waals surface area contributed by atoms with E-state index in [4.69, 9.17) is 5.26 Å². The fraction of sp³-hybridized carbons (Fsp3) is 0.300. The molecule has 0 aliphatic heterocycles. The molecule has 2 N–H and O–H groups in total. The number of carbonyl (C=O) groups excluding carboxylic acids is 1. The topological polar surface area (TPSA) is 64.9 Å². The van der Waals surface area contributed by atoms with Gasteiger partial charge in [-0.25, -0.2) is 0 Å². The van der Waals surface area contributed by atoms with Crippen molar-refractivity contribution in [3.63, 3.8) is 0 Å². The van der Waals surface area contributed by atoms with Gasteiger partial charge >= 0.3 is 0 Å². The number of hydrogen-bond donors (Lipinski definition) is 2. The second kappa shape index (κ2) is 8.19. The highest BCUT2D eigenvalue weighted by Gasteiger charge is 2.15. The molecule has 128 valence electrons. The van der Waals surface area contributed by atoms with Crippen LogP contribution in [0, 0.1) is 18.3 Å². The van der Waals surface area contributed by atoms with Crippen molar-refractivity contribution in [2.75, 3.05) is 5.32 Å². The van der Waals surface area contributed by atoms with Crippen molar-refractivity contribution in [1.82, 2.24) is 4.72 Å². The summed E-state index contributed by atoms with van der Waals surface area (Å²) in [5.74, 6) is -0.169. The molecule has 0 bridgehead atoms. The van der Waals surface area contributed by atoms with Crippen molar-refractivity contribution in [2.45, 2.75) is 43.5 Å². The number of anilines is 1. The lowest BCUT2D eigenvalue weighted by Gasteiger charge is -2.11. The molecule has 1 fully saturated rings. The summed E-state index contributed by atoms with van der Waals surface area (Å²) < 4.78 is 3.49. The lowest BCUT2D eigenvalue weighted by molar-refractivity contribution is 0.102. The maximum absolute atomic E-state index is 12.5. The molecule has 0 atom stereocenters. The van der Waals surface area contributed by atoms with Gasteiger partial charge in [-0.3, -0.25) is 9.52 Å². The number of hydrogen-bond acceptors (Lipinski definition) is 4. The Hall–Kier alpha value is -2.29. The zero-order valence-electron chi connectivity index (χ0n) is 14.2. The van der Waals surface area contributed by atoms with Crippen LogP contribution in [-0.4, -0.2) is 11.9 Å². The van der Waals surface area contributed by atoms with Crippen LogP contribution < -0.4 is 10.0 Å². The zero-order chi connectivity index (χ0) is 17.6. The maximum atomic E-state index is 12.5. The Kier molecular flexibility index (Phi) is 5.75. The Morgan fingerprint density at radius 3 is 2.76 bits per heavy atom. The third-order valence-electron chi connectivity index (χ3n) is 4.26. The minimum atomic E-state index is -0.169. The molecule has 0 aromatic heterocycles. The van der Waals surface area contributed by atoms with E-state index in [-0.39, 0.29) is 5.91 Å². The van der Waals surface area contributed by atoms with Gasteiger partial charge in [-0.1, -0.05) is 18.9 Å². The number of amides is 1. The molecule has 5 heteroatoms. The molecule has 1 saturated carbocycles. The van der Waals surface area contributed by atoms with E-state index in [0.29, 0.717) is 22.9 Å². The van der Waals surface area contributed by atoms with Crippen molar-refractivity contribution < 1.29 is 4.79 Å². The number of aryl methyl sites for hydroxylation is 1. The summed E-state index contributed by atoms with van der Waals surface area (Å²) in [5, 5.41) is 11.9. The van der Waals surface area contributed by atoms with Crippen molar-refractivity contribution >= 4 is 23.5 Å². The van der Waals surface area contributed by atoms with Crippen LogP contribution in [0.4, 0.5) is 5.69 Å². The van der Waals surface area contributed by atoms with Crippen molar-refractivity contribution in [2.24, 2.45) is 0 Å². The number of rotatable bonds is 5. The Balaban J connectivity index is 1.66. The largest absolute Gasteiger partial charge is 0.322 e. The second-order valence-corrected chi connectivity index (χ2v) is 7.29. The van der Waals surface area contributed by atoms with E-state index in [9.17, 15) is 4.79 Å². The highest BCUT2D eigenvalue weighted by molar-refractivity contribution is 7.97. The standard InChI is InChI=1S/C20H21N3OS/c1-14-9-15(13-21)11-18(10-14)22-20(24)16-5-4-8-19(12-16)25-23-17-6-2-3-7-17/h4-5,8-12,17,23H,2-3,6-7H2,1H3,(H,22,24).